The molecule has 43 heavy (non-hydrogen) atoms. The van der Waals surface area contributed by atoms with Crippen LogP contribution in [-0.4, -0.2) is 63.0 Å². The first-order valence-electron chi connectivity index (χ1n) is 13.6. The Balaban J connectivity index is 1.26. The number of aromatic nitrogens is 4. The van der Waals surface area contributed by atoms with E-state index in [0.29, 0.717) is 53.4 Å². The lowest BCUT2D eigenvalue weighted by atomic mass is 9.83. The predicted molar refractivity (Wildman–Crippen MR) is 162 cm³/mol. The Bertz CT molecular complexity index is 1980. The molecule has 0 aliphatic carbocycles. The molecular weight excluding hydrogens is 570 g/mol. The third kappa shape index (κ3) is 4.37. The molecule has 0 bridgehead atoms. The average molecular weight is 595 g/mol. The van der Waals surface area contributed by atoms with Gasteiger partial charge in [-0.3, -0.25) is 9.78 Å². The number of pyridine rings is 1. The highest BCUT2D eigenvalue weighted by Crippen LogP contribution is 2.43. The van der Waals surface area contributed by atoms with Crippen molar-refractivity contribution in [2.75, 3.05) is 31.6 Å². The highest BCUT2D eigenvalue weighted by molar-refractivity contribution is 7.10. The molecule has 3 aromatic heterocycles. The summed E-state index contributed by atoms with van der Waals surface area (Å²) in [5.74, 6) is 1.00. The summed E-state index contributed by atoms with van der Waals surface area (Å²) in [5.41, 5.74) is 0.804. The summed E-state index contributed by atoms with van der Waals surface area (Å²) in [4.78, 5) is 34.1. The lowest BCUT2D eigenvalue weighted by Gasteiger charge is -2.50. The Morgan fingerprint density at radius 3 is 2.70 bits per heavy atom. The van der Waals surface area contributed by atoms with Crippen LogP contribution in [0.2, 0.25) is 0 Å². The van der Waals surface area contributed by atoms with Crippen LogP contribution in [0.1, 0.15) is 23.4 Å². The second kappa shape index (κ2) is 10.4. The van der Waals surface area contributed by atoms with E-state index >= 15 is 4.39 Å². The minimum atomic E-state index is -0.846. The lowest BCUT2D eigenvalue weighted by molar-refractivity contribution is -0.142. The number of thiazole rings is 1. The second-order valence-corrected chi connectivity index (χ2v) is 11.5. The van der Waals surface area contributed by atoms with Crippen LogP contribution in [0.15, 0.2) is 60.0 Å². The van der Waals surface area contributed by atoms with Gasteiger partial charge in [-0.2, -0.15) is 9.97 Å². The van der Waals surface area contributed by atoms with E-state index in [4.69, 9.17) is 11.2 Å². The minimum absolute atomic E-state index is 0.000649. The van der Waals surface area contributed by atoms with Crippen molar-refractivity contribution >= 4 is 50.8 Å². The van der Waals surface area contributed by atoms with E-state index in [9.17, 15) is 9.18 Å². The smallest absolute Gasteiger partial charge is 0.318 e. The fraction of sp³-hybridized carbons (Fsp3) is 0.219. The molecule has 2 saturated heterocycles. The maximum Gasteiger partial charge on any atom is 0.318 e. The van der Waals surface area contributed by atoms with Gasteiger partial charge in [0.25, 0.3) is 5.91 Å². The van der Waals surface area contributed by atoms with Crippen LogP contribution >= 0.6 is 11.3 Å². The highest BCUT2D eigenvalue weighted by Gasteiger charge is 2.52. The number of likely N-dealkylation sites (tertiary alicyclic amines) is 1. The van der Waals surface area contributed by atoms with Crippen molar-refractivity contribution in [2.24, 2.45) is 0 Å². The van der Waals surface area contributed by atoms with Crippen LogP contribution in [0.5, 0.6) is 6.01 Å². The fourth-order valence-corrected chi connectivity index (χ4v) is 6.68. The van der Waals surface area contributed by atoms with Crippen LogP contribution < -0.4 is 9.64 Å². The molecule has 2 aromatic carbocycles. The summed E-state index contributed by atoms with van der Waals surface area (Å²) in [5, 5.41) is 4.16. The maximum absolute atomic E-state index is 16.4. The maximum atomic E-state index is 16.4. The number of hydrogen-bond acceptors (Lipinski definition) is 8. The number of carbonyl (C=O) groups excluding carboxylic acids is 1. The number of benzene rings is 2. The number of carbonyl (C=O) groups is 1. The zero-order valence-electron chi connectivity index (χ0n) is 23.1. The molecule has 0 saturated carbocycles. The van der Waals surface area contributed by atoms with Gasteiger partial charge in [0.15, 0.2) is 11.6 Å². The quantitative estimate of drug-likeness (QED) is 0.193. The number of ether oxygens (including phenoxy) is 1. The third-order valence-corrected chi connectivity index (χ3v) is 9.02. The topological polar surface area (TPSA) is 84.3 Å². The van der Waals surface area contributed by atoms with Gasteiger partial charge in [0, 0.05) is 60.0 Å². The number of amides is 1. The predicted octanol–water partition coefficient (Wildman–Crippen LogP) is 5.62. The van der Waals surface area contributed by atoms with Gasteiger partial charge in [-0.1, -0.05) is 36.3 Å². The molecule has 2 fully saturated rings. The third-order valence-electron chi connectivity index (χ3n) is 8.30. The van der Waals surface area contributed by atoms with Crippen molar-refractivity contribution in [1.29, 1.82) is 0 Å². The number of hydrogen-bond donors (Lipinski definition) is 0. The van der Waals surface area contributed by atoms with Gasteiger partial charge in [0.1, 0.15) is 22.0 Å². The molecule has 1 amide bonds. The number of rotatable bonds is 5. The molecule has 7 rings (SSSR count). The van der Waals surface area contributed by atoms with E-state index in [1.807, 2.05) is 35.2 Å². The minimum Gasteiger partial charge on any atom is -0.467 e. The van der Waals surface area contributed by atoms with Crippen molar-refractivity contribution < 1.29 is 18.3 Å². The zero-order chi connectivity index (χ0) is 29.7. The standard InChI is InChI=1S/C32H24F2N6O2S/c1-3-19-6-4-7-20-8-5-9-21(25(19)20)27-26(34)28-22(17-36-27)29(38-31(37-28)42-2)39-13-10-32(18-39)11-14-40(32)30(41)23(33)16-24-35-12-15-43-24/h1,4-9,12,15-17H,10-11,13-14,18H2,2H3/b23-16-. The van der Waals surface area contributed by atoms with E-state index in [1.165, 1.54) is 24.5 Å². The average Bonchev–Trinajstić information content (AvgIpc) is 3.71. The van der Waals surface area contributed by atoms with Gasteiger partial charge in [-0.15, -0.1) is 17.8 Å². The van der Waals surface area contributed by atoms with E-state index < -0.39 is 23.1 Å². The summed E-state index contributed by atoms with van der Waals surface area (Å²) in [6.07, 6.45) is 11.4. The number of nitrogens with zero attached hydrogens (tertiary/aromatic N) is 6. The Morgan fingerprint density at radius 2 is 1.98 bits per heavy atom. The summed E-state index contributed by atoms with van der Waals surface area (Å²) in [7, 11) is 1.42. The molecule has 1 unspecified atom stereocenters. The molecule has 0 radical (unpaired) electrons. The summed E-state index contributed by atoms with van der Waals surface area (Å²) < 4.78 is 36.6. The zero-order valence-corrected chi connectivity index (χ0v) is 23.9. The van der Waals surface area contributed by atoms with Crippen LogP contribution in [0.4, 0.5) is 14.6 Å². The van der Waals surface area contributed by atoms with Gasteiger partial charge in [-0.25, -0.2) is 13.8 Å². The van der Waals surface area contributed by atoms with Crippen LogP contribution in [0.25, 0.3) is 39.0 Å². The molecule has 1 spiro atoms. The summed E-state index contributed by atoms with van der Waals surface area (Å²) in [6, 6.07) is 11.1. The summed E-state index contributed by atoms with van der Waals surface area (Å²) >= 11 is 1.26. The van der Waals surface area contributed by atoms with Crippen LogP contribution in [0, 0.1) is 18.2 Å². The van der Waals surface area contributed by atoms with E-state index in [1.54, 1.807) is 28.7 Å². The van der Waals surface area contributed by atoms with Crippen molar-refractivity contribution in [2.45, 2.75) is 18.4 Å². The Kier molecular flexibility index (Phi) is 6.51. The molecule has 214 valence electrons. The van der Waals surface area contributed by atoms with Crippen LogP contribution in [0.3, 0.4) is 0 Å². The molecule has 2 aliphatic rings. The molecule has 5 heterocycles. The molecule has 1 atom stereocenters. The Morgan fingerprint density at radius 1 is 1.16 bits per heavy atom. The molecular formula is C32H24F2N6O2S. The number of fused-ring (bicyclic) bond motifs is 2. The van der Waals surface area contributed by atoms with E-state index in [2.05, 4.69) is 25.9 Å². The normalized spacial score (nSPS) is 18.3. The first-order valence-corrected chi connectivity index (χ1v) is 14.5. The number of halogens is 2. The lowest BCUT2D eigenvalue weighted by Crippen LogP contribution is -2.63. The van der Waals surface area contributed by atoms with Gasteiger partial charge in [0.05, 0.1) is 18.0 Å². The number of anilines is 1. The van der Waals surface area contributed by atoms with Gasteiger partial charge < -0.3 is 14.5 Å². The number of terminal acetylenes is 1. The van der Waals surface area contributed by atoms with Crippen molar-refractivity contribution in [1.82, 2.24) is 24.8 Å². The first-order chi connectivity index (χ1) is 20.9. The largest absolute Gasteiger partial charge is 0.467 e. The summed E-state index contributed by atoms with van der Waals surface area (Å²) in [6.45, 7) is 1.37. The molecule has 5 aromatic rings. The van der Waals surface area contributed by atoms with E-state index in [0.717, 1.165) is 17.2 Å². The first kappa shape index (κ1) is 26.9. The van der Waals surface area contributed by atoms with Crippen molar-refractivity contribution in [3.05, 3.63) is 76.4 Å². The Hall–Kier alpha value is -4.95. The monoisotopic (exact) mass is 594 g/mol. The SMILES string of the molecule is C#Cc1cccc2cccc(-c3ncc4c(N5CCC6(CCN6C(=O)/C(F)=C/c6nccs6)C5)nc(OC)nc4c3F)c12. The number of methoxy groups -OCH3 is 1. The highest BCUT2D eigenvalue weighted by atomic mass is 32.1. The van der Waals surface area contributed by atoms with Gasteiger partial charge in [-0.05, 0) is 24.3 Å². The van der Waals surface area contributed by atoms with E-state index in [-0.39, 0.29) is 17.2 Å². The molecule has 11 heteroatoms. The second-order valence-electron chi connectivity index (χ2n) is 10.5. The fourth-order valence-electron chi connectivity index (χ4n) is 6.12. The van der Waals surface area contributed by atoms with Gasteiger partial charge in [0.2, 0.25) is 0 Å². The van der Waals surface area contributed by atoms with Crippen LogP contribution in [-0.2, 0) is 4.79 Å². The Labute approximate surface area is 249 Å². The molecule has 2 aliphatic heterocycles. The molecule has 0 N–H and O–H groups in total. The van der Waals surface area contributed by atoms with Gasteiger partial charge >= 0.3 is 6.01 Å². The van der Waals surface area contributed by atoms with Crippen molar-refractivity contribution in [3.8, 4) is 29.6 Å². The van der Waals surface area contributed by atoms with Crippen molar-refractivity contribution in [3.63, 3.8) is 0 Å². The molecule has 8 nitrogen and oxygen atoms in total.